The molecule has 0 saturated carbocycles. The molecule has 32 valence electrons. The van der Waals surface area contributed by atoms with Crippen molar-refractivity contribution in [2.45, 2.75) is 0 Å². The first-order valence-electron chi connectivity index (χ1n) is 0. The summed E-state index contributed by atoms with van der Waals surface area (Å²) in [4.78, 5) is 0. The van der Waals surface area contributed by atoms with Gasteiger partial charge in [-0.1, -0.05) is 0 Å². The molecule has 3 nitrogen and oxygen atoms in total. The fourth-order valence-electron chi connectivity index (χ4n) is 0. The van der Waals surface area contributed by atoms with Crippen molar-refractivity contribution in [2.75, 3.05) is 0 Å². The predicted molar refractivity (Wildman–Crippen MR) is 13.2 cm³/mol. The van der Waals surface area contributed by atoms with Gasteiger partial charge in [0.15, 0.2) is 0 Å². The van der Waals surface area contributed by atoms with Crippen LogP contribution in [0.2, 0.25) is 0 Å². The topological polar surface area (TPSA) is 85.5 Å². The van der Waals surface area contributed by atoms with Crippen LogP contribution in [-0.2, 0) is 37.5 Å². The maximum absolute atomic E-state index is 0. The van der Waals surface area contributed by atoms with Crippen molar-refractivity contribution in [3.05, 3.63) is 0 Å². The smallest absolute Gasteiger partial charge is 2.00 e. The molecule has 0 heterocycles. The van der Waals surface area contributed by atoms with Gasteiger partial charge in [0.05, 0.1) is 0 Å². The maximum Gasteiger partial charge on any atom is 6.00 e. The molecule has 0 saturated heterocycles. The zero-order chi connectivity index (χ0) is 0. The van der Waals surface area contributed by atoms with E-state index < -0.39 is 0 Å². The van der Waals surface area contributed by atoms with Crippen molar-refractivity contribution >= 4 is 9.90 Å². The molecule has 0 radical (unpaired) electrons. The molecule has 5 heavy (non-hydrogen) atoms. The standard InChI is InChI=1S/3O.H3P.W/h;;;1H3;/q3*-2;;+6. The van der Waals surface area contributed by atoms with Crippen molar-refractivity contribution in [1.29, 1.82) is 0 Å². The van der Waals surface area contributed by atoms with Crippen molar-refractivity contribution < 1.29 is 37.5 Å². The second-order valence-corrected chi connectivity index (χ2v) is 0. The van der Waals surface area contributed by atoms with Crippen LogP contribution in [0.15, 0.2) is 0 Å². The monoisotopic (exact) mass is 266 g/mol. The van der Waals surface area contributed by atoms with Crippen LogP contribution in [-0.4, -0.2) is 0 Å². The van der Waals surface area contributed by atoms with E-state index in [1.807, 2.05) is 0 Å². The van der Waals surface area contributed by atoms with Crippen molar-refractivity contribution in [1.82, 2.24) is 0 Å². The quantitative estimate of drug-likeness (QED) is 0.539. The summed E-state index contributed by atoms with van der Waals surface area (Å²) in [6, 6.07) is 0. The Kier molecular flexibility index (Phi) is 2410. The van der Waals surface area contributed by atoms with E-state index in [0.29, 0.717) is 0 Å². The molecule has 1 atom stereocenters. The van der Waals surface area contributed by atoms with Crippen LogP contribution in [0.25, 0.3) is 0 Å². The second kappa shape index (κ2) is 80.2. The third kappa shape index (κ3) is 45.1. The average Bonchev–Trinajstić information content (AvgIpc) is 0. The molecule has 0 amide bonds. The summed E-state index contributed by atoms with van der Waals surface area (Å²) in [5.41, 5.74) is 0. The van der Waals surface area contributed by atoms with Crippen LogP contribution in [0.3, 0.4) is 0 Å². The molecule has 0 aliphatic heterocycles. The Labute approximate surface area is 47.9 Å². The minimum Gasteiger partial charge on any atom is -2.00 e. The Morgan fingerprint density at radius 2 is 0.600 bits per heavy atom. The molecule has 0 rings (SSSR count). The van der Waals surface area contributed by atoms with E-state index in [-0.39, 0.29) is 47.4 Å². The minimum absolute atomic E-state index is 0. The Balaban J connectivity index is 0. The van der Waals surface area contributed by atoms with Gasteiger partial charge in [0.2, 0.25) is 0 Å². The van der Waals surface area contributed by atoms with Gasteiger partial charge in [-0.2, -0.15) is 9.90 Å². The van der Waals surface area contributed by atoms with Crippen LogP contribution in [0.4, 0.5) is 0 Å². The zero-order valence-corrected chi connectivity index (χ0v) is 6.69. The molecule has 0 spiro atoms. The first-order chi connectivity index (χ1) is 0. The largest absolute Gasteiger partial charge is 6.00 e. The van der Waals surface area contributed by atoms with Gasteiger partial charge >= 0.3 is 21.1 Å². The average molecular weight is 266 g/mol. The molecule has 5 heteroatoms. The van der Waals surface area contributed by atoms with Gasteiger partial charge in [-0.25, -0.2) is 0 Å². The Morgan fingerprint density at radius 3 is 0.600 bits per heavy atom. The summed E-state index contributed by atoms with van der Waals surface area (Å²) in [6.07, 6.45) is 0. The number of hydrogen-bond acceptors (Lipinski definition) is 0. The van der Waals surface area contributed by atoms with Crippen molar-refractivity contribution in [3.8, 4) is 0 Å². The molecule has 0 aliphatic rings. The van der Waals surface area contributed by atoms with Gasteiger partial charge in [-0.3, -0.25) is 0 Å². The molecule has 0 N–H and O–H groups in total. The van der Waals surface area contributed by atoms with Gasteiger partial charge in [-0.15, -0.1) is 0 Å². The van der Waals surface area contributed by atoms with Gasteiger partial charge in [0.25, 0.3) is 0 Å². The summed E-state index contributed by atoms with van der Waals surface area (Å²) in [6.45, 7) is 0. The first kappa shape index (κ1) is 150. The second-order valence-electron chi connectivity index (χ2n) is 0. The molecule has 0 fully saturated rings. The van der Waals surface area contributed by atoms with E-state index in [9.17, 15) is 0 Å². The Hall–Kier alpha value is 0.998. The van der Waals surface area contributed by atoms with Crippen LogP contribution in [0, 0.1) is 0 Å². The van der Waals surface area contributed by atoms with E-state index in [4.69, 9.17) is 0 Å². The van der Waals surface area contributed by atoms with E-state index in [0.717, 1.165) is 0 Å². The zero-order valence-electron chi connectivity index (χ0n) is 2.34. The van der Waals surface area contributed by atoms with E-state index in [2.05, 4.69) is 0 Å². The molecule has 1 unspecified atom stereocenters. The number of rotatable bonds is 0. The van der Waals surface area contributed by atoms with Crippen LogP contribution in [0.1, 0.15) is 0 Å². The molecular formula is H3O3PW. The third-order valence-corrected chi connectivity index (χ3v) is 0. The molecule has 0 aromatic rings. The minimum atomic E-state index is 0. The molecule has 0 aliphatic carbocycles. The SMILES string of the molecule is P.[O-2].[O-2].[O-2].[W+6]. The normalized spacial score (nSPS) is 0. The summed E-state index contributed by atoms with van der Waals surface area (Å²) in [5.74, 6) is 0. The fourth-order valence-corrected chi connectivity index (χ4v) is 0. The number of hydrogen-bond donors (Lipinski definition) is 0. The van der Waals surface area contributed by atoms with Crippen LogP contribution >= 0.6 is 9.90 Å². The Morgan fingerprint density at radius 1 is 0.600 bits per heavy atom. The van der Waals surface area contributed by atoms with E-state index in [1.165, 1.54) is 0 Å². The Bertz CT molecular complexity index is 6.85. The summed E-state index contributed by atoms with van der Waals surface area (Å²) in [5, 5.41) is 0. The van der Waals surface area contributed by atoms with Crippen molar-refractivity contribution in [2.24, 2.45) is 0 Å². The van der Waals surface area contributed by atoms with E-state index in [1.54, 1.807) is 0 Å². The summed E-state index contributed by atoms with van der Waals surface area (Å²) < 4.78 is 0. The van der Waals surface area contributed by atoms with E-state index >= 15 is 0 Å². The van der Waals surface area contributed by atoms with Gasteiger partial charge in [0.1, 0.15) is 0 Å². The molecule has 0 aromatic carbocycles. The molecule has 0 aromatic heterocycles. The fraction of sp³-hybridized carbons (Fsp3) is 0. The predicted octanol–water partition coefficient (Wildman–Crippen LogP) is -0.301. The summed E-state index contributed by atoms with van der Waals surface area (Å²) >= 11 is 0. The first-order valence-corrected chi connectivity index (χ1v) is 0. The van der Waals surface area contributed by atoms with Gasteiger partial charge in [0, 0.05) is 0 Å². The third-order valence-electron chi connectivity index (χ3n) is 0. The van der Waals surface area contributed by atoms with Gasteiger partial charge < -0.3 is 16.4 Å². The molecular weight excluding hydrogens is 263 g/mol. The molecule has 0 bridgehead atoms. The maximum atomic E-state index is 0. The van der Waals surface area contributed by atoms with Gasteiger partial charge in [-0.05, 0) is 0 Å². The van der Waals surface area contributed by atoms with Crippen LogP contribution in [0.5, 0.6) is 0 Å². The summed E-state index contributed by atoms with van der Waals surface area (Å²) in [7, 11) is 0. The van der Waals surface area contributed by atoms with Crippen LogP contribution < -0.4 is 0 Å². The van der Waals surface area contributed by atoms with Crippen molar-refractivity contribution in [3.63, 3.8) is 0 Å².